The van der Waals surface area contributed by atoms with Gasteiger partial charge in [0.15, 0.2) is 0 Å². The summed E-state index contributed by atoms with van der Waals surface area (Å²) in [5.41, 5.74) is 2.26. The number of aromatic amines is 1. The lowest BCUT2D eigenvalue weighted by atomic mass is 9.84. The quantitative estimate of drug-likeness (QED) is 0.206. The van der Waals surface area contributed by atoms with E-state index in [2.05, 4.69) is 21.7 Å². The molecule has 1 aromatic heterocycles. The zero-order chi connectivity index (χ0) is 24.5. The molecule has 184 valence electrons. The Kier molecular flexibility index (Phi) is 9.07. The minimum atomic E-state index is -0.780. The molecular formula is C23H31N5O6. The summed E-state index contributed by atoms with van der Waals surface area (Å²) in [5.74, 6) is 0.222. The Hall–Kier alpha value is -3.36. The summed E-state index contributed by atoms with van der Waals surface area (Å²) in [5, 5.41) is 36.0. The molecule has 0 saturated heterocycles. The van der Waals surface area contributed by atoms with Gasteiger partial charge in [-0.25, -0.2) is 0 Å². The van der Waals surface area contributed by atoms with Crippen LogP contribution in [0.2, 0.25) is 0 Å². The monoisotopic (exact) mass is 473 g/mol. The first-order valence-corrected chi connectivity index (χ1v) is 11.5. The van der Waals surface area contributed by atoms with Gasteiger partial charge in [-0.2, -0.15) is 5.26 Å². The first-order chi connectivity index (χ1) is 16.4. The van der Waals surface area contributed by atoms with Gasteiger partial charge in [-0.1, -0.05) is 12.8 Å². The second-order valence-corrected chi connectivity index (χ2v) is 8.63. The summed E-state index contributed by atoms with van der Waals surface area (Å²) in [6.07, 6.45) is 3.67. The molecule has 4 N–H and O–H groups in total. The fraction of sp³-hybridized carbons (Fsp3) is 0.565. The van der Waals surface area contributed by atoms with Crippen molar-refractivity contribution in [3.05, 3.63) is 39.6 Å². The van der Waals surface area contributed by atoms with Gasteiger partial charge in [-0.15, -0.1) is 10.1 Å². The van der Waals surface area contributed by atoms with E-state index in [0.29, 0.717) is 36.2 Å². The number of aromatic nitrogens is 1. The van der Waals surface area contributed by atoms with Gasteiger partial charge in [-0.3, -0.25) is 4.79 Å². The van der Waals surface area contributed by atoms with Crippen LogP contribution in [0.3, 0.4) is 0 Å². The summed E-state index contributed by atoms with van der Waals surface area (Å²) in [7, 11) is 0. The molecule has 1 amide bonds. The Balaban J connectivity index is 1.35. The number of aliphatic hydroxyl groups is 1. The topological polar surface area (TPSA) is 163 Å². The normalized spacial score (nSPS) is 18.7. The number of carbonyl (C=O) groups is 1. The van der Waals surface area contributed by atoms with Crippen LogP contribution in [0, 0.1) is 34.3 Å². The number of carbonyl (C=O) groups excluding carboxylic acids is 1. The van der Waals surface area contributed by atoms with Crippen LogP contribution >= 0.6 is 0 Å². The summed E-state index contributed by atoms with van der Waals surface area (Å²) in [6.45, 7) is 3.06. The van der Waals surface area contributed by atoms with Crippen LogP contribution in [0.5, 0.6) is 5.75 Å². The van der Waals surface area contributed by atoms with Gasteiger partial charge in [0.05, 0.1) is 16.5 Å². The van der Waals surface area contributed by atoms with Crippen molar-refractivity contribution < 1.29 is 24.6 Å². The Bertz CT molecular complexity index is 1030. The summed E-state index contributed by atoms with van der Waals surface area (Å²) in [4.78, 5) is 30.6. The second kappa shape index (κ2) is 12.2. The van der Waals surface area contributed by atoms with Crippen molar-refractivity contribution >= 4 is 16.8 Å². The lowest BCUT2D eigenvalue weighted by Gasteiger charge is -2.29. The van der Waals surface area contributed by atoms with E-state index < -0.39 is 17.3 Å². The molecule has 3 rings (SSSR count). The summed E-state index contributed by atoms with van der Waals surface area (Å²) >= 11 is 0. The van der Waals surface area contributed by atoms with E-state index in [1.54, 1.807) is 6.20 Å². The molecule has 0 radical (unpaired) electrons. The highest BCUT2D eigenvalue weighted by Gasteiger charge is 2.29. The number of ether oxygens (including phenoxy) is 1. The number of benzene rings is 1. The highest BCUT2D eigenvalue weighted by Crippen LogP contribution is 2.30. The van der Waals surface area contributed by atoms with Crippen molar-refractivity contribution in [2.45, 2.75) is 51.2 Å². The zero-order valence-electron chi connectivity index (χ0n) is 19.2. The molecule has 3 atom stereocenters. The molecule has 1 saturated carbocycles. The van der Waals surface area contributed by atoms with Gasteiger partial charge in [0.2, 0.25) is 5.91 Å². The molecule has 2 aromatic rings. The van der Waals surface area contributed by atoms with Crippen LogP contribution in [-0.4, -0.2) is 59.5 Å². The van der Waals surface area contributed by atoms with E-state index in [-0.39, 0.29) is 31.4 Å². The molecule has 0 bridgehead atoms. The van der Waals surface area contributed by atoms with Gasteiger partial charge in [-0.05, 0) is 43.4 Å². The highest BCUT2D eigenvalue weighted by molar-refractivity contribution is 5.92. The minimum absolute atomic E-state index is 0.0491. The average Bonchev–Trinajstić information content (AvgIpc) is 3.21. The van der Waals surface area contributed by atoms with Crippen molar-refractivity contribution in [1.82, 2.24) is 15.6 Å². The average molecular weight is 474 g/mol. The third kappa shape index (κ3) is 7.07. The van der Waals surface area contributed by atoms with Crippen molar-refractivity contribution in [2.24, 2.45) is 5.92 Å². The van der Waals surface area contributed by atoms with E-state index in [4.69, 9.17) is 9.57 Å². The maximum Gasteiger partial charge on any atom is 0.294 e. The number of hydrogen-bond donors (Lipinski definition) is 4. The molecular weight excluding hydrogens is 442 g/mol. The van der Waals surface area contributed by atoms with E-state index in [0.717, 1.165) is 30.3 Å². The predicted molar refractivity (Wildman–Crippen MR) is 124 cm³/mol. The van der Waals surface area contributed by atoms with Crippen LogP contribution in [-0.2, 0) is 9.63 Å². The minimum Gasteiger partial charge on any atom is -0.490 e. The molecule has 0 aliphatic heterocycles. The van der Waals surface area contributed by atoms with Crippen LogP contribution in [0.25, 0.3) is 10.9 Å². The fourth-order valence-corrected chi connectivity index (χ4v) is 4.34. The molecule has 0 spiro atoms. The molecule has 11 heteroatoms. The first-order valence-electron chi connectivity index (χ1n) is 11.5. The zero-order valence-corrected chi connectivity index (χ0v) is 19.2. The fourth-order valence-electron chi connectivity index (χ4n) is 4.34. The summed E-state index contributed by atoms with van der Waals surface area (Å²) in [6, 6.07) is 5.90. The molecule has 1 aliphatic carbocycles. The molecule has 1 aromatic carbocycles. The number of amides is 1. The number of aliphatic hydroxyl groups excluding tert-OH is 1. The SMILES string of the molecule is Cc1cc(OCC(O)CNCCNC(=O)CC2CCCCC2O[N+](=O)[O-])c2c(C#N)c[nH]c2c1. The number of H-pyrrole nitrogens is 1. The van der Waals surface area contributed by atoms with Crippen molar-refractivity contribution in [3.63, 3.8) is 0 Å². The predicted octanol–water partition coefficient (Wildman–Crippen LogP) is 1.95. The van der Waals surface area contributed by atoms with Gasteiger partial charge in [0.1, 0.15) is 30.6 Å². The van der Waals surface area contributed by atoms with Crippen molar-refractivity contribution in [2.75, 3.05) is 26.2 Å². The maximum absolute atomic E-state index is 12.2. The first kappa shape index (κ1) is 25.3. The Labute approximate surface area is 197 Å². The number of nitriles is 1. The van der Waals surface area contributed by atoms with E-state index in [1.165, 1.54) is 0 Å². The number of hydrogen-bond acceptors (Lipinski definition) is 8. The number of rotatable bonds is 12. The van der Waals surface area contributed by atoms with Crippen LogP contribution in [0.4, 0.5) is 0 Å². The van der Waals surface area contributed by atoms with Gasteiger partial charge < -0.3 is 30.3 Å². The van der Waals surface area contributed by atoms with Crippen molar-refractivity contribution in [3.8, 4) is 11.8 Å². The van der Waals surface area contributed by atoms with E-state index >= 15 is 0 Å². The van der Waals surface area contributed by atoms with Crippen LogP contribution < -0.4 is 15.4 Å². The number of fused-ring (bicyclic) bond motifs is 1. The molecule has 3 unspecified atom stereocenters. The lowest BCUT2D eigenvalue weighted by molar-refractivity contribution is -0.771. The van der Waals surface area contributed by atoms with E-state index in [1.807, 2.05) is 19.1 Å². The smallest absolute Gasteiger partial charge is 0.294 e. The molecule has 1 heterocycles. The highest BCUT2D eigenvalue weighted by atomic mass is 17.0. The Morgan fingerprint density at radius 3 is 2.94 bits per heavy atom. The Morgan fingerprint density at radius 2 is 2.18 bits per heavy atom. The molecule has 34 heavy (non-hydrogen) atoms. The Morgan fingerprint density at radius 1 is 1.38 bits per heavy atom. The second-order valence-electron chi connectivity index (χ2n) is 8.63. The lowest BCUT2D eigenvalue weighted by Crippen LogP contribution is -2.39. The van der Waals surface area contributed by atoms with Gasteiger partial charge in [0, 0.05) is 32.3 Å². The van der Waals surface area contributed by atoms with Gasteiger partial charge >= 0.3 is 0 Å². The third-order valence-corrected chi connectivity index (χ3v) is 5.95. The summed E-state index contributed by atoms with van der Waals surface area (Å²) < 4.78 is 5.79. The molecule has 11 nitrogen and oxygen atoms in total. The molecule has 1 fully saturated rings. The number of nitrogens with one attached hydrogen (secondary N) is 3. The van der Waals surface area contributed by atoms with Crippen LogP contribution in [0.15, 0.2) is 18.3 Å². The third-order valence-electron chi connectivity index (χ3n) is 5.95. The van der Waals surface area contributed by atoms with Gasteiger partial charge in [0.25, 0.3) is 5.09 Å². The van der Waals surface area contributed by atoms with Crippen LogP contribution in [0.1, 0.15) is 43.2 Å². The number of aryl methyl sites for hydroxylation is 1. The number of nitrogens with zero attached hydrogens (tertiary/aromatic N) is 2. The molecule has 1 aliphatic rings. The largest absolute Gasteiger partial charge is 0.490 e. The van der Waals surface area contributed by atoms with E-state index in [9.17, 15) is 25.3 Å². The van der Waals surface area contributed by atoms with Crippen molar-refractivity contribution in [1.29, 1.82) is 5.26 Å². The standard InChI is InChI=1S/C23H31N5O6/c1-15-8-19-23(17(11-24)12-27-19)21(9-15)33-14-18(29)13-25-6-7-26-22(30)10-16-4-2-3-5-20(16)34-28(31)32/h8-9,12,16,18,20,25,27,29H,2-7,10,13-14H2,1H3,(H,26,30). The maximum atomic E-state index is 12.2.